The quantitative estimate of drug-likeness (QED) is 0.782. The third-order valence-corrected chi connectivity index (χ3v) is 4.17. The fourth-order valence-corrected chi connectivity index (χ4v) is 2.84. The van der Waals surface area contributed by atoms with Gasteiger partial charge in [-0.25, -0.2) is 4.98 Å². The molecule has 112 valence electrons. The topological polar surface area (TPSA) is 33.2 Å². The number of halogens is 2. The number of rotatable bonds is 3. The number of nitrogens with zero attached hydrogens (tertiary/aromatic N) is 2. The lowest BCUT2D eigenvalue weighted by atomic mass is 10.1. The molecule has 1 aliphatic rings. The molecule has 0 saturated heterocycles. The highest BCUT2D eigenvalue weighted by molar-refractivity contribution is 6.32. The van der Waals surface area contributed by atoms with Gasteiger partial charge in [-0.1, -0.05) is 41.4 Å². The van der Waals surface area contributed by atoms with Crippen molar-refractivity contribution in [3.05, 3.63) is 75.7 Å². The number of allylic oxidation sites excluding steroid dienone is 1. The molecule has 0 unspecified atom stereocenters. The first-order chi connectivity index (χ1) is 10.6. The van der Waals surface area contributed by atoms with E-state index in [0.717, 1.165) is 17.7 Å². The van der Waals surface area contributed by atoms with Crippen LogP contribution < -0.4 is 0 Å². The molecule has 0 spiro atoms. The van der Waals surface area contributed by atoms with Crippen LogP contribution in [0.1, 0.15) is 22.3 Å². The highest BCUT2D eigenvalue weighted by Crippen LogP contribution is 2.24. The number of amides is 1. The molecule has 0 aliphatic carbocycles. The van der Waals surface area contributed by atoms with Crippen LogP contribution in [0.25, 0.3) is 0 Å². The number of hydrogen-bond acceptors (Lipinski definition) is 2. The normalized spacial score (nSPS) is 14.1. The third-order valence-electron chi connectivity index (χ3n) is 3.61. The Labute approximate surface area is 139 Å². The van der Waals surface area contributed by atoms with Gasteiger partial charge in [0.25, 0.3) is 5.91 Å². The van der Waals surface area contributed by atoms with Gasteiger partial charge in [0.1, 0.15) is 5.15 Å². The number of benzene rings is 1. The molecule has 0 fully saturated rings. The van der Waals surface area contributed by atoms with Gasteiger partial charge < -0.3 is 4.90 Å². The molecule has 3 rings (SSSR count). The van der Waals surface area contributed by atoms with Crippen molar-refractivity contribution < 1.29 is 4.79 Å². The lowest BCUT2D eigenvalue weighted by Gasteiger charge is -2.21. The lowest BCUT2D eigenvalue weighted by Crippen LogP contribution is -2.29. The van der Waals surface area contributed by atoms with E-state index in [-0.39, 0.29) is 11.1 Å². The maximum Gasteiger partial charge on any atom is 0.261 e. The zero-order valence-electron chi connectivity index (χ0n) is 11.8. The van der Waals surface area contributed by atoms with E-state index in [4.69, 9.17) is 23.2 Å². The average Bonchev–Trinajstić information content (AvgIpc) is 2.97. The molecular weight excluding hydrogens is 319 g/mol. The van der Waals surface area contributed by atoms with E-state index in [1.807, 2.05) is 24.3 Å². The van der Waals surface area contributed by atoms with Crippen molar-refractivity contribution in [3.63, 3.8) is 0 Å². The van der Waals surface area contributed by atoms with Crippen LogP contribution >= 0.6 is 23.2 Å². The SMILES string of the molecule is O=C(c1cccnc1Cl)N1CCC=C1Cc1ccc(Cl)cc1. The minimum Gasteiger partial charge on any atom is -0.312 e. The molecule has 0 saturated carbocycles. The van der Waals surface area contributed by atoms with Crippen LogP contribution in [-0.2, 0) is 6.42 Å². The second-order valence-electron chi connectivity index (χ2n) is 5.09. The molecule has 0 N–H and O–H groups in total. The highest BCUT2D eigenvalue weighted by Gasteiger charge is 2.25. The van der Waals surface area contributed by atoms with Crippen LogP contribution in [0.4, 0.5) is 0 Å². The summed E-state index contributed by atoms with van der Waals surface area (Å²) in [5.41, 5.74) is 2.55. The molecule has 1 amide bonds. The van der Waals surface area contributed by atoms with Gasteiger partial charge in [-0.2, -0.15) is 0 Å². The predicted molar refractivity (Wildman–Crippen MR) is 88.1 cm³/mol. The van der Waals surface area contributed by atoms with E-state index < -0.39 is 0 Å². The Kier molecular flexibility index (Phi) is 4.46. The second kappa shape index (κ2) is 6.51. The molecule has 0 bridgehead atoms. The Morgan fingerprint density at radius 1 is 1.18 bits per heavy atom. The van der Waals surface area contributed by atoms with E-state index in [2.05, 4.69) is 11.1 Å². The number of aromatic nitrogens is 1. The van der Waals surface area contributed by atoms with E-state index >= 15 is 0 Å². The maximum absolute atomic E-state index is 12.7. The predicted octanol–water partition coefficient (Wildman–Crippen LogP) is 4.36. The number of hydrogen-bond donors (Lipinski definition) is 0. The zero-order valence-corrected chi connectivity index (χ0v) is 13.3. The minimum atomic E-state index is -0.101. The summed E-state index contributed by atoms with van der Waals surface area (Å²) in [6.07, 6.45) is 5.22. The van der Waals surface area contributed by atoms with Crippen LogP contribution in [0.15, 0.2) is 54.4 Å². The van der Waals surface area contributed by atoms with Crippen LogP contribution in [0.3, 0.4) is 0 Å². The van der Waals surface area contributed by atoms with Crippen LogP contribution in [-0.4, -0.2) is 22.3 Å². The minimum absolute atomic E-state index is 0.101. The number of pyridine rings is 1. The molecule has 2 heterocycles. The summed E-state index contributed by atoms with van der Waals surface area (Å²) in [5.74, 6) is -0.101. The monoisotopic (exact) mass is 332 g/mol. The van der Waals surface area contributed by atoms with E-state index in [1.54, 1.807) is 23.2 Å². The van der Waals surface area contributed by atoms with Gasteiger partial charge in [0.15, 0.2) is 0 Å². The average molecular weight is 333 g/mol. The van der Waals surface area contributed by atoms with Gasteiger partial charge in [0.05, 0.1) is 5.56 Å². The summed E-state index contributed by atoms with van der Waals surface area (Å²) in [6.45, 7) is 0.674. The Morgan fingerprint density at radius 3 is 2.68 bits per heavy atom. The molecule has 2 aromatic rings. The first-order valence-corrected chi connectivity index (χ1v) is 7.76. The first-order valence-electron chi connectivity index (χ1n) is 7.01. The first kappa shape index (κ1) is 15.1. The molecule has 5 heteroatoms. The maximum atomic E-state index is 12.7. The van der Waals surface area contributed by atoms with Crippen molar-refractivity contribution in [1.82, 2.24) is 9.88 Å². The van der Waals surface area contributed by atoms with Crippen molar-refractivity contribution >= 4 is 29.1 Å². The van der Waals surface area contributed by atoms with Crippen LogP contribution in [0.2, 0.25) is 10.2 Å². The summed E-state index contributed by atoms with van der Waals surface area (Å²) in [5, 5.41) is 0.949. The van der Waals surface area contributed by atoms with Gasteiger partial charge in [0, 0.05) is 29.9 Å². The van der Waals surface area contributed by atoms with Gasteiger partial charge in [-0.15, -0.1) is 0 Å². The van der Waals surface area contributed by atoms with E-state index in [1.165, 1.54) is 0 Å². The molecule has 22 heavy (non-hydrogen) atoms. The molecule has 3 nitrogen and oxygen atoms in total. The van der Waals surface area contributed by atoms with E-state index in [0.29, 0.717) is 23.6 Å². The van der Waals surface area contributed by atoms with Crippen molar-refractivity contribution in [2.75, 3.05) is 6.54 Å². The number of carbonyl (C=O) groups excluding carboxylic acids is 1. The molecular formula is C17H14Cl2N2O. The Balaban J connectivity index is 1.80. The van der Waals surface area contributed by atoms with Crippen molar-refractivity contribution in [3.8, 4) is 0 Å². The largest absolute Gasteiger partial charge is 0.312 e. The van der Waals surface area contributed by atoms with Gasteiger partial charge in [-0.3, -0.25) is 4.79 Å². The standard InChI is InChI=1S/C17H14Cl2N2O/c18-13-7-5-12(6-8-13)11-14-3-2-10-21(14)17(22)15-4-1-9-20-16(15)19/h1,3-9H,2,10-11H2. The van der Waals surface area contributed by atoms with Gasteiger partial charge in [0.2, 0.25) is 0 Å². The summed E-state index contributed by atoms with van der Waals surface area (Å²) in [7, 11) is 0. The molecule has 1 aliphatic heterocycles. The summed E-state index contributed by atoms with van der Waals surface area (Å²) in [4.78, 5) is 18.4. The summed E-state index contributed by atoms with van der Waals surface area (Å²) in [6, 6.07) is 11.1. The third kappa shape index (κ3) is 3.16. The van der Waals surface area contributed by atoms with Crippen LogP contribution in [0, 0.1) is 0 Å². The van der Waals surface area contributed by atoms with Crippen molar-refractivity contribution in [2.45, 2.75) is 12.8 Å². The van der Waals surface area contributed by atoms with Crippen LogP contribution in [0.5, 0.6) is 0 Å². The molecule has 1 aromatic heterocycles. The lowest BCUT2D eigenvalue weighted by molar-refractivity contribution is 0.0816. The fourth-order valence-electron chi connectivity index (χ4n) is 2.52. The number of carbonyl (C=O) groups is 1. The second-order valence-corrected chi connectivity index (χ2v) is 5.88. The summed E-state index contributed by atoms with van der Waals surface area (Å²) >= 11 is 11.9. The smallest absolute Gasteiger partial charge is 0.261 e. The van der Waals surface area contributed by atoms with Gasteiger partial charge in [-0.05, 0) is 36.2 Å². The Morgan fingerprint density at radius 2 is 1.95 bits per heavy atom. The van der Waals surface area contributed by atoms with Gasteiger partial charge >= 0.3 is 0 Å². The van der Waals surface area contributed by atoms with Crippen molar-refractivity contribution in [1.29, 1.82) is 0 Å². The van der Waals surface area contributed by atoms with Crippen molar-refractivity contribution in [2.24, 2.45) is 0 Å². The molecule has 0 atom stereocenters. The highest BCUT2D eigenvalue weighted by atomic mass is 35.5. The fraction of sp³-hybridized carbons (Fsp3) is 0.176. The molecule has 0 radical (unpaired) electrons. The summed E-state index contributed by atoms with van der Waals surface area (Å²) < 4.78 is 0. The Hall–Kier alpha value is -1.84. The molecule has 1 aromatic carbocycles. The van der Waals surface area contributed by atoms with E-state index in [9.17, 15) is 4.79 Å². The Bertz CT molecular complexity index is 726. The zero-order chi connectivity index (χ0) is 15.5.